The molecule has 1 amide bonds. The van der Waals surface area contributed by atoms with Crippen molar-refractivity contribution < 1.29 is 18.3 Å². The van der Waals surface area contributed by atoms with Crippen molar-refractivity contribution >= 4 is 5.91 Å². The minimum absolute atomic E-state index is 0.0910. The van der Waals surface area contributed by atoms with Gasteiger partial charge in [0.15, 0.2) is 0 Å². The molecule has 1 saturated heterocycles. The van der Waals surface area contributed by atoms with Crippen molar-refractivity contribution in [2.24, 2.45) is 0 Å². The molecule has 1 rings (SSSR count). The molecule has 1 N–H and O–H groups in total. The molecule has 1 unspecified atom stereocenters. The molecular weight excluding hydrogens is 194 g/mol. The molecule has 14 heavy (non-hydrogen) atoms. The molecular formula is C8H14F2N2O2. The number of halogens is 2. The zero-order chi connectivity index (χ0) is 10.8. The van der Waals surface area contributed by atoms with Gasteiger partial charge in [0.05, 0.1) is 6.54 Å². The summed E-state index contributed by atoms with van der Waals surface area (Å²) in [5.74, 6) is -3.18. The number of amides is 1. The van der Waals surface area contributed by atoms with Crippen LogP contribution in [0.2, 0.25) is 0 Å². The van der Waals surface area contributed by atoms with Gasteiger partial charge in [-0.15, -0.1) is 0 Å². The van der Waals surface area contributed by atoms with Crippen LogP contribution in [0.3, 0.4) is 0 Å². The molecule has 1 fully saturated rings. The van der Waals surface area contributed by atoms with Crippen molar-refractivity contribution in [3.8, 4) is 0 Å². The Morgan fingerprint density at radius 1 is 1.64 bits per heavy atom. The van der Waals surface area contributed by atoms with Crippen molar-refractivity contribution in [1.82, 2.24) is 10.2 Å². The third kappa shape index (κ3) is 2.62. The van der Waals surface area contributed by atoms with Gasteiger partial charge < -0.3 is 15.0 Å². The van der Waals surface area contributed by atoms with E-state index in [0.29, 0.717) is 0 Å². The fourth-order valence-corrected chi connectivity index (χ4v) is 1.11. The fourth-order valence-electron chi connectivity index (χ4n) is 1.11. The largest absolute Gasteiger partial charge is 0.361 e. The SMILES string of the molecule is CN(C)C(=O)COC1CNCC1(F)F. The van der Waals surface area contributed by atoms with E-state index in [1.54, 1.807) is 14.1 Å². The van der Waals surface area contributed by atoms with Crippen molar-refractivity contribution in [2.75, 3.05) is 33.8 Å². The Morgan fingerprint density at radius 2 is 2.29 bits per heavy atom. The van der Waals surface area contributed by atoms with Crippen LogP contribution in [0.5, 0.6) is 0 Å². The predicted molar refractivity (Wildman–Crippen MR) is 46.3 cm³/mol. The lowest BCUT2D eigenvalue weighted by Gasteiger charge is -2.19. The van der Waals surface area contributed by atoms with E-state index in [-0.39, 0.29) is 25.6 Å². The van der Waals surface area contributed by atoms with Gasteiger partial charge in [-0.25, -0.2) is 8.78 Å². The van der Waals surface area contributed by atoms with Crippen molar-refractivity contribution in [1.29, 1.82) is 0 Å². The first-order chi connectivity index (χ1) is 6.43. The first-order valence-corrected chi connectivity index (χ1v) is 4.34. The number of carbonyl (C=O) groups is 1. The number of hydrogen-bond donors (Lipinski definition) is 1. The van der Waals surface area contributed by atoms with Crippen LogP contribution in [0, 0.1) is 0 Å². The molecule has 0 radical (unpaired) electrons. The third-order valence-corrected chi connectivity index (χ3v) is 2.07. The van der Waals surface area contributed by atoms with Gasteiger partial charge >= 0.3 is 0 Å². The van der Waals surface area contributed by atoms with Crippen LogP contribution >= 0.6 is 0 Å². The molecule has 1 atom stereocenters. The summed E-state index contributed by atoms with van der Waals surface area (Å²) in [6.07, 6.45) is -1.19. The molecule has 0 aromatic rings. The molecule has 1 heterocycles. The van der Waals surface area contributed by atoms with E-state index in [1.165, 1.54) is 4.90 Å². The van der Waals surface area contributed by atoms with E-state index in [9.17, 15) is 13.6 Å². The summed E-state index contributed by atoms with van der Waals surface area (Å²) in [5, 5.41) is 2.52. The van der Waals surface area contributed by atoms with Gasteiger partial charge in [-0.3, -0.25) is 4.79 Å². The molecule has 0 saturated carbocycles. The number of nitrogens with one attached hydrogen (secondary N) is 1. The van der Waals surface area contributed by atoms with Crippen LogP contribution in [0.15, 0.2) is 0 Å². The van der Waals surface area contributed by atoms with Gasteiger partial charge in [0.2, 0.25) is 5.91 Å². The Labute approximate surface area is 81.2 Å². The van der Waals surface area contributed by atoms with Crippen LogP contribution in [-0.4, -0.2) is 56.6 Å². The van der Waals surface area contributed by atoms with E-state index in [1.807, 2.05) is 0 Å². The lowest BCUT2D eigenvalue weighted by atomic mass is 10.2. The molecule has 1 aliphatic heterocycles. The van der Waals surface area contributed by atoms with Crippen LogP contribution in [0.1, 0.15) is 0 Å². The Kier molecular flexibility index (Phi) is 3.38. The first kappa shape index (κ1) is 11.3. The summed E-state index contributed by atoms with van der Waals surface area (Å²) in [5.41, 5.74) is 0. The monoisotopic (exact) mass is 208 g/mol. The summed E-state index contributed by atoms with van der Waals surface area (Å²) < 4.78 is 30.7. The maximum absolute atomic E-state index is 12.9. The van der Waals surface area contributed by atoms with Crippen molar-refractivity contribution in [3.63, 3.8) is 0 Å². The average Bonchev–Trinajstić information content (AvgIpc) is 2.40. The third-order valence-electron chi connectivity index (χ3n) is 2.07. The first-order valence-electron chi connectivity index (χ1n) is 4.34. The van der Waals surface area contributed by atoms with Gasteiger partial charge in [-0.05, 0) is 0 Å². The summed E-state index contributed by atoms with van der Waals surface area (Å²) in [4.78, 5) is 12.4. The highest BCUT2D eigenvalue weighted by Crippen LogP contribution is 2.24. The number of nitrogens with zero attached hydrogens (tertiary/aromatic N) is 1. The number of likely N-dealkylation sites (N-methyl/N-ethyl adjacent to an activating group) is 1. The van der Waals surface area contributed by atoms with Crippen LogP contribution < -0.4 is 5.32 Å². The normalized spacial score (nSPS) is 25.0. The zero-order valence-electron chi connectivity index (χ0n) is 8.22. The van der Waals surface area contributed by atoms with Crippen molar-refractivity contribution in [2.45, 2.75) is 12.0 Å². The maximum atomic E-state index is 12.9. The lowest BCUT2D eigenvalue weighted by Crippen LogP contribution is -2.37. The highest BCUT2D eigenvalue weighted by Gasteiger charge is 2.45. The lowest BCUT2D eigenvalue weighted by molar-refractivity contribution is -0.145. The smallest absolute Gasteiger partial charge is 0.287 e. The summed E-state index contributed by atoms with van der Waals surface area (Å²) in [7, 11) is 3.10. The highest BCUT2D eigenvalue weighted by molar-refractivity contribution is 5.76. The molecule has 0 spiro atoms. The minimum atomic E-state index is -2.87. The number of alkyl halides is 2. The number of rotatable bonds is 3. The van der Waals surface area contributed by atoms with Crippen LogP contribution in [-0.2, 0) is 9.53 Å². The second kappa shape index (κ2) is 4.18. The predicted octanol–water partition coefficient (Wildman–Crippen LogP) is -0.302. The average molecular weight is 208 g/mol. The van der Waals surface area contributed by atoms with Gasteiger partial charge in [0.25, 0.3) is 5.92 Å². The van der Waals surface area contributed by atoms with E-state index < -0.39 is 12.0 Å². The van der Waals surface area contributed by atoms with Gasteiger partial charge in [0.1, 0.15) is 12.7 Å². The Bertz CT molecular complexity index is 221. The number of carbonyl (C=O) groups excluding carboxylic acids is 1. The number of ether oxygens (including phenoxy) is 1. The van der Waals surface area contributed by atoms with E-state index >= 15 is 0 Å². The Morgan fingerprint density at radius 3 is 2.71 bits per heavy atom. The topological polar surface area (TPSA) is 41.6 Å². The van der Waals surface area contributed by atoms with E-state index in [0.717, 1.165) is 0 Å². The molecule has 6 heteroatoms. The van der Waals surface area contributed by atoms with E-state index in [2.05, 4.69) is 5.32 Å². The van der Waals surface area contributed by atoms with Crippen LogP contribution in [0.25, 0.3) is 0 Å². The maximum Gasteiger partial charge on any atom is 0.287 e. The standard InChI is InChI=1S/C8H14F2N2O2/c1-12(2)7(13)4-14-6-3-11-5-8(6,9)10/h6,11H,3-5H2,1-2H3. The fraction of sp³-hybridized carbons (Fsp3) is 0.875. The Hall–Kier alpha value is -0.750. The van der Waals surface area contributed by atoms with E-state index in [4.69, 9.17) is 4.74 Å². The number of hydrogen-bond acceptors (Lipinski definition) is 3. The zero-order valence-corrected chi connectivity index (χ0v) is 8.22. The molecule has 0 aromatic heterocycles. The van der Waals surface area contributed by atoms with Crippen molar-refractivity contribution in [3.05, 3.63) is 0 Å². The minimum Gasteiger partial charge on any atom is -0.361 e. The molecule has 0 bridgehead atoms. The second-order valence-corrected chi connectivity index (χ2v) is 3.48. The molecule has 82 valence electrons. The van der Waals surface area contributed by atoms with Gasteiger partial charge in [0, 0.05) is 20.6 Å². The molecule has 0 aromatic carbocycles. The molecule has 0 aliphatic carbocycles. The highest BCUT2D eigenvalue weighted by atomic mass is 19.3. The Balaban J connectivity index is 2.35. The summed E-state index contributed by atoms with van der Waals surface area (Å²) >= 11 is 0. The second-order valence-electron chi connectivity index (χ2n) is 3.48. The molecule has 4 nitrogen and oxygen atoms in total. The van der Waals surface area contributed by atoms with Gasteiger partial charge in [-0.1, -0.05) is 0 Å². The van der Waals surface area contributed by atoms with Gasteiger partial charge in [-0.2, -0.15) is 0 Å². The quantitative estimate of drug-likeness (QED) is 0.692. The summed E-state index contributed by atoms with van der Waals surface area (Å²) in [6.45, 7) is -0.587. The molecule has 1 aliphatic rings. The van der Waals surface area contributed by atoms with Crippen LogP contribution in [0.4, 0.5) is 8.78 Å². The summed E-state index contributed by atoms with van der Waals surface area (Å²) in [6, 6.07) is 0.